The summed E-state index contributed by atoms with van der Waals surface area (Å²) in [6, 6.07) is 0. The molecule has 3 atom stereocenters. The van der Waals surface area contributed by atoms with Crippen LogP contribution in [0.15, 0.2) is 72.9 Å². The van der Waals surface area contributed by atoms with Crippen LogP contribution in [0.25, 0.3) is 0 Å². The van der Waals surface area contributed by atoms with E-state index in [-0.39, 0.29) is 25.9 Å². The van der Waals surface area contributed by atoms with E-state index in [9.17, 15) is 28.9 Å². The van der Waals surface area contributed by atoms with Gasteiger partial charge in [-0.15, -0.1) is 0 Å². The van der Waals surface area contributed by atoms with Crippen molar-refractivity contribution in [2.75, 3.05) is 26.4 Å². The SMILES string of the molecule is CC/C=C\C/C=C\C/C=C\C/C=C\C/C=C\CCCC(=O)OC(COC(=O)CCCCCCCCCCC)COP(=O)(O)OCC(CO)OC(=O)CCCCCCC/C=C\CCCCCC. The summed E-state index contributed by atoms with van der Waals surface area (Å²) in [6.45, 7) is 4.40. The molecule has 0 aliphatic heterocycles. The van der Waals surface area contributed by atoms with Gasteiger partial charge in [0.1, 0.15) is 12.7 Å². The monoisotopic (exact) mass is 949 g/mol. The number of allylic oxidation sites excluding steroid dienone is 12. The van der Waals surface area contributed by atoms with Crippen LogP contribution in [0.5, 0.6) is 0 Å². The average molecular weight is 949 g/mol. The maximum Gasteiger partial charge on any atom is 0.472 e. The Labute approximate surface area is 401 Å². The molecule has 3 unspecified atom stereocenters. The molecule has 0 saturated carbocycles. The van der Waals surface area contributed by atoms with Crippen LogP contribution in [0.4, 0.5) is 0 Å². The molecular formula is C54H93O11P. The van der Waals surface area contributed by atoms with Crippen LogP contribution < -0.4 is 0 Å². The smallest absolute Gasteiger partial charge is 0.462 e. The molecule has 0 fully saturated rings. The van der Waals surface area contributed by atoms with Crippen molar-refractivity contribution in [3.63, 3.8) is 0 Å². The number of aliphatic hydroxyl groups excluding tert-OH is 1. The third kappa shape index (κ3) is 46.0. The molecule has 0 rings (SSSR count). The maximum absolute atomic E-state index is 12.8. The van der Waals surface area contributed by atoms with Gasteiger partial charge in [-0.25, -0.2) is 4.57 Å². The lowest BCUT2D eigenvalue weighted by molar-refractivity contribution is -0.161. The number of esters is 3. The van der Waals surface area contributed by atoms with Crippen LogP contribution in [0.1, 0.15) is 213 Å². The predicted octanol–water partition coefficient (Wildman–Crippen LogP) is 14.6. The zero-order chi connectivity index (χ0) is 48.4. The lowest BCUT2D eigenvalue weighted by atomic mass is 10.1. The number of hydrogen-bond donors (Lipinski definition) is 2. The van der Waals surface area contributed by atoms with Gasteiger partial charge in [0, 0.05) is 19.3 Å². The van der Waals surface area contributed by atoms with Crippen molar-refractivity contribution in [2.24, 2.45) is 0 Å². The van der Waals surface area contributed by atoms with Gasteiger partial charge >= 0.3 is 25.7 Å². The van der Waals surface area contributed by atoms with E-state index in [2.05, 4.69) is 81.5 Å². The highest BCUT2D eigenvalue weighted by Gasteiger charge is 2.28. The van der Waals surface area contributed by atoms with Crippen LogP contribution in [-0.2, 0) is 42.2 Å². The number of phosphoric ester groups is 1. The Bertz CT molecular complexity index is 1390. The van der Waals surface area contributed by atoms with E-state index >= 15 is 0 Å². The van der Waals surface area contributed by atoms with E-state index in [4.69, 9.17) is 23.3 Å². The number of carbonyl (C=O) groups is 3. The summed E-state index contributed by atoms with van der Waals surface area (Å²) < 4.78 is 39.2. The zero-order valence-electron chi connectivity index (χ0n) is 41.6. The second kappa shape index (κ2) is 48.4. The van der Waals surface area contributed by atoms with E-state index in [1.165, 1.54) is 57.8 Å². The lowest BCUT2D eigenvalue weighted by Crippen LogP contribution is -2.30. The molecule has 2 N–H and O–H groups in total. The summed E-state index contributed by atoms with van der Waals surface area (Å²) in [5, 5.41) is 9.76. The number of unbranched alkanes of at least 4 members (excludes halogenated alkanes) is 18. The molecule has 0 aliphatic carbocycles. The van der Waals surface area contributed by atoms with Crippen molar-refractivity contribution in [3.8, 4) is 0 Å². The Morgan fingerprint density at radius 3 is 1.30 bits per heavy atom. The van der Waals surface area contributed by atoms with Gasteiger partial charge in [-0.1, -0.05) is 184 Å². The van der Waals surface area contributed by atoms with Crippen LogP contribution >= 0.6 is 7.82 Å². The molecule has 0 amide bonds. The summed E-state index contributed by atoms with van der Waals surface area (Å²) >= 11 is 0. The van der Waals surface area contributed by atoms with Crippen molar-refractivity contribution < 1.29 is 52.2 Å². The second-order valence-corrected chi connectivity index (χ2v) is 18.4. The summed E-state index contributed by atoms with van der Waals surface area (Å²) in [5.41, 5.74) is 0. The van der Waals surface area contributed by atoms with E-state index in [1.807, 2.05) is 12.2 Å². The molecule has 380 valence electrons. The molecule has 11 nitrogen and oxygen atoms in total. The number of rotatable bonds is 47. The van der Waals surface area contributed by atoms with Crippen molar-refractivity contribution >= 4 is 25.7 Å². The molecule has 0 heterocycles. The van der Waals surface area contributed by atoms with E-state index in [0.717, 1.165) is 89.9 Å². The standard InChI is InChI=1S/C54H93O11P/c1-4-7-10-13-16-19-21-23-24-25-26-28-30-33-36-39-42-45-54(58)65-51(47-61-52(56)43-40-37-34-31-18-15-12-9-6-3)49-63-66(59,60)62-48-50(46-55)64-53(57)44-41-38-35-32-29-27-22-20-17-14-11-8-5-2/h7,10,16,19-20,22-24,26,28,33,36,50-51,55H,4-6,8-9,11-15,17-18,21,25,27,29-32,34-35,37-49H2,1-3H3,(H,59,60)/b10-7-,19-16-,22-20-,24-23-,28-26-,36-33-. The summed E-state index contributed by atoms with van der Waals surface area (Å²) in [4.78, 5) is 48.2. The van der Waals surface area contributed by atoms with Crippen LogP contribution in [-0.4, -0.2) is 66.5 Å². The predicted molar refractivity (Wildman–Crippen MR) is 270 cm³/mol. The highest BCUT2D eigenvalue weighted by atomic mass is 31.2. The third-order valence-corrected chi connectivity index (χ3v) is 11.6. The topological polar surface area (TPSA) is 155 Å². The minimum Gasteiger partial charge on any atom is -0.462 e. The highest BCUT2D eigenvalue weighted by molar-refractivity contribution is 7.47. The molecular weight excluding hydrogens is 856 g/mol. The molecule has 0 aromatic carbocycles. The van der Waals surface area contributed by atoms with Crippen molar-refractivity contribution in [3.05, 3.63) is 72.9 Å². The Morgan fingerprint density at radius 1 is 0.439 bits per heavy atom. The minimum atomic E-state index is -4.75. The van der Waals surface area contributed by atoms with Gasteiger partial charge in [-0.3, -0.25) is 23.4 Å². The first kappa shape index (κ1) is 62.9. The van der Waals surface area contributed by atoms with Gasteiger partial charge in [0.05, 0.1) is 19.8 Å². The molecule has 0 aromatic heterocycles. The Morgan fingerprint density at radius 2 is 0.803 bits per heavy atom. The molecule has 0 spiro atoms. The normalized spacial score (nSPS) is 14.1. The molecule has 0 aromatic rings. The largest absolute Gasteiger partial charge is 0.472 e. The molecule has 66 heavy (non-hydrogen) atoms. The third-order valence-electron chi connectivity index (χ3n) is 10.6. The number of carbonyl (C=O) groups excluding carboxylic acids is 3. The Hall–Kier alpha value is -3.08. The summed E-state index contributed by atoms with van der Waals surface area (Å²) in [6.07, 6.45) is 51.7. The molecule has 0 aliphatic rings. The molecule has 12 heteroatoms. The molecule has 0 bridgehead atoms. The summed E-state index contributed by atoms with van der Waals surface area (Å²) in [5.74, 6) is -1.55. The van der Waals surface area contributed by atoms with E-state index in [0.29, 0.717) is 25.7 Å². The first-order valence-electron chi connectivity index (χ1n) is 25.8. The Balaban J connectivity index is 4.80. The Kier molecular flexibility index (Phi) is 46.1. The van der Waals surface area contributed by atoms with E-state index < -0.39 is 57.8 Å². The quantitative estimate of drug-likeness (QED) is 0.0197. The molecule has 0 radical (unpaired) electrons. The van der Waals surface area contributed by atoms with Gasteiger partial charge in [0.2, 0.25) is 0 Å². The second-order valence-electron chi connectivity index (χ2n) is 17.0. The van der Waals surface area contributed by atoms with Crippen LogP contribution in [0, 0.1) is 0 Å². The average Bonchev–Trinajstić information content (AvgIpc) is 3.30. The van der Waals surface area contributed by atoms with Gasteiger partial charge in [0.25, 0.3) is 0 Å². The van der Waals surface area contributed by atoms with Crippen LogP contribution in [0.2, 0.25) is 0 Å². The first-order valence-corrected chi connectivity index (χ1v) is 27.3. The number of ether oxygens (including phenoxy) is 3. The zero-order valence-corrected chi connectivity index (χ0v) is 42.5. The summed E-state index contributed by atoms with van der Waals surface area (Å²) in [7, 11) is -4.75. The maximum atomic E-state index is 12.8. The lowest BCUT2D eigenvalue weighted by Gasteiger charge is -2.21. The minimum absolute atomic E-state index is 0.0882. The van der Waals surface area contributed by atoms with E-state index in [1.54, 1.807) is 0 Å². The van der Waals surface area contributed by atoms with Crippen molar-refractivity contribution in [2.45, 2.75) is 226 Å². The fraction of sp³-hybridized carbons (Fsp3) is 0.722. The van der Waals surface area contributed by atoms with Gasteiger partial charge in [-0.2, -0.15) is 0 Å². The van der Waals surface area contributed by atoms with Gasteiger partial charge < -0.3 is 24.2 Å². The highest BCUT2D eigenvalue weighted by Crippen LogP contribution is 2.43. The van der Waals surface area contributed by atoms with Crippen LogP contribution in [0.3, 0.4) is 0 Å². The van der Waals surface area contributed by atoms with Crippen molar-refractivity contribution in [1.29, 1.82) is 0 Å². The number of phosphoric acid groups is 1. The van der Waals surface area contributed by atoms with Gasteiger partial charge in [-0.05, 0) is 83.5 Å². The number of hydrogen-bond acceptors (Lipinski definition) is 10. The van der Waals surface area contributed by atoms with Gasteiger partial charge in [0.15, 0.2) is 6.10 Å². The first-order chi connectivity index (χ1) is 32.2. The van der Waals surface area contributed by atoms with Crippen molar-refractivity contribution in [1.82, 2.24) is 0 Å². The molecule has 0 saturated heterocycles. The number of aliphatic hydroxyl groups is 1. The fourth-order valence-electron chi connectivity index (χ4n) is 6.68. The fourth-order valence-corrected chi connectivity index (χ4v) is 7.46.